The minimum Gasteiger partial charge on any atom is -0.480 e. The van der Waals surface area contributed by atoms with E-state index in [4.69, 9.17) is 5.11 Å². The molecular formula is C8H17N3O3. The fourth-order valence-electron chi connectivity index (χ4n) is 0.776. The van der Waals surface area contributed by atoms with Crippen LogP contribution in [0.25, 0.3) is 0 Å². The van der Waals surface area contributed by atoms with E-state index in [1.807, 2.05) is 7.05 Å². The van der Waals surface area contributed by atoms with E-state index in [0.29, 0.717) is 6.54 Å². The van der Waals surface area contributed by atoms with E-state index in [1.54, 1.807) is 0 Å². The summed E-state index contributed by atoms with van der Waals surface area (Å²) in [7, 11) is 1.83. The second-order valence-corrected chi connectivity index (χ2v) is 2.92. The Morgan fingerprint density at radius 1 is 1.36 bits per heavy atom. The van der Waals surface area contributed by atoms with Crippen molar-refractivity contribution in [3.8, 4) is 0 Å². The summed E-state index contributed by atoms with van der Waals surface area (Å²) < 4.78 is 0. The Kier molecular flexibility index (Phi) is 6.47. The molecule has 0 saturated carbocycles. The monoisotopic (exact) mass is 203 g/mol. The molecule has 0 aliphatic carbocycles. The molecule has 1 atom stereocenters. The standard InChI is InChI=1S/C8H17N3O3/c1-6(7(12)13)11-8(14)10-5-3-4-9-2/h6,9H,3-5H2,1-2H3,(H,12,13)(H2,10,11,14)/t6-/m0/s1. The predicted octanol–water partition coefficient (Wildman–Crippen LogP) is -0.632. The van der Waals surface area contributed by atoms with Gasteiger partial charge in [0.1, 0.15) is 6.04 Å². The van der Waals surface area contributed by atoms with Gasteiger partial charge in [0.05, 0.1) is 0 Å². The molecule has 0 rings (SSSR count). The highest BCUT2D eigenvalue weighted by atomic mass is 16.4. The number of carbonyl (C=O) groups excluding carboxylic acids is 1. The maximum atomic E-state index is 11.0. The molecule has 0 radical (unpaired) electrons. The highest BCUT2D eigenvalue weighted by Gasteiger charge is 2.12. The minimum atomic E-state index is -1.05. The molecule has 0 bridgehead atoms. The van der Waals surface area contributed by atoms with Gasteiger partial charge in [0, 0.05) is 6.54 Å². The first-order valence-electron chi connectivity index (χ1n) is 4.49. The van der Waals surface area contributed by atoms with Gasteiger partial charge in [-0.25, -0.2) is 4.79 Å². The van der Waals surface area contributed by atoms with Crippen molar-refractivity contribution in [2.45, 2.75) is 19.4 Å². The third-order valence-electron chi connectivity index (χ3n) is 1.61. The zero-order chi connectivity index (χ0) is 11.0. The van der Waals surface area contributed by atoms with Crippen LogP contribution in [0.2, 0.25) is 0 Å². The van der Waals surface area contributed by atoms with E-state index in [-0.39, 0.29) is 0 Å². The van der Waals surface area contributed by atoms with Gasteiger partial charge in [-0.15, -0.1) is 0 Å². The molecule has 4 N–H and O–H groups in total. The first-order valence-corrected chi connectivity index (χ1v) is 4.49. The number of aliphatic carboxylic acids is 1. The molecule has 0 aliphatic heterocycles. The van der Waals surface area contributed by atoms with Crippen LogP contribution in [-0.4, -0.2) is 43.3 Å². The number of carboxylic acids is 1. The highest BCUT2D eigenvalue weighted by Crippen LogP contribution is 1.81. The topological polar surface area (TPSA) is 90.5 Å². The van der Waals surface area contributed by atoms with Gasteiger partial charge in [0.25, 0.3) is 0 Å². The van der Waals surface area contributed by atoms with Crippen molar-refractivity contribution < 1.29 is 14.7 Å². The van der Waals surface area contributed by atoms with Gasteiger partial charge >= 0.3 is 12.0 Å². The maximum Gasteiger partial charge on any atom is 0.325 e. The van der Waals surface area contributed by atoms with Crippen LogP contribution in [0, 0.1) is 0 Å². The molecule has 0 saturated heterocycles. The van der Waals surface area contributed by atoms with Crippen LogP contribution in [0.3, 0.4) is 0 Å². The lowest BCUT2D eigenvalue weighted by atomic mass is 10.3. The molecule has 0 aromatic heterocycles. The van der Waals surface area contributed by atoms with Crippen LogP contribution in [0.15, 0.2) is 0 Å². The molecule has 6 nitrogen and oxygen atoms in total. The minimum absolute atomic E-state index is 0.448. The Morgan fingerprint density at radius 3 is 2.50 bits per heavy atom. The van der Waals surface area contributed by atoms with Crippen LogP contribution >= 0.6 is 0 Å². The smallest absolute Gasteiger partial charge is 0.325 e. The largest absolute Gasteiger partial charge is 0.480 e. The first kappa shape index (κ1) is 12.7. The van der Waals surface area contributed by atoms with Crippen molar-refractivity contribution in [2.24, 2.45) is 0 Å². The van der Waals surface area contributed by atoms with E-state index >= 15 is 0 Å². The summed E-state index contributed by atoms with van der Waals surface area (Å²) in [4.78, 5) is 21.4. The van der Waals surface area contributed by atoms with Gasteiger partial charge < -0.3 is 21.1 Å². The van der Waals surface area contributed by atoms with Gasteiger partial charge in [0.2, 0.25) is 0 Å². The van der Waals surface area contributed by atoms with Crippen molar-refractivity contribution >= 4 is 12.0 Å². The number of hydrogen-bond acceptors (Lipinski definition) is 3. The lowest BCUT2D eigenvalue weighted by molar-refractivity contribution is -0.138. The van der Waals surface area contributed by atoms with Crippen LogP contribution in [-0.2, 0) is 4.79 Å². The molecular weight excluding hydrogens is 186 g/mol. The van der Waals surface area contributed by atoms with Gasteiger partial charge in [-0.05, 0) is 26.9 Å². The fourth-order valence-corrected chi connectivity index (χ4v) is 0.776. The van der Waals surface area contributed by atoms with E-state index in [1.165, 1.54) is 6.92 Å². The molecule has 0 aromatic carbocycles. The van der Waals surface area contributed by atoms with Crippen molar-refractivity contribution in [1.82, 2.24) is 16.0 Å². The number of amides is 2. The van der Waals surface area contributed by atoms with Crippen LogP contribution < -0.4 is 16.0 Å². The van der Waals surface area contributed by atoms with E-state index in [9.17, 15) is 9.59 Å². The molecule has 0 aliphatic rings. The van der Waals surface area contributed by atoms with E-state index < -0.39 is 18.0 Å². The molecule has 14 heavy (non-hydrogen) atoms. The number of rotatable bonds is 6. The molecule has 0 unspecified atom stereocenters. The molecule has 0 heterocycles. The highest BCUT2D eigenvalue weighted by molar-refractivity contribution is 5.82. The first-order chi connectivity index (χ1) is 6.57. The van der Waals surface area contributed by atoms with Crippen molar-refractivity contribution in [3.05, 3.63) is 0 Å². The molecule has 2 amide bonds. The number of urea groups is 1. The number of nitrogens with one attached hydrogen (secondary N) is 3. The van der Waals surface area contributed by atoms with Crippen LogP contribution in [0.5, 0.6) is 0 Å². The molecule has 82 valence electrons. The summed E-state index contributed by atoms with van der Waals surface area (Å²) in [6.45, 7) is 2.75. The number of carboxylic acid groups (broad SMARTS) is 1. The Hall–Kier alpha value is -1.30. The summed E-state index contributed by atoms with van der Waals surface area (Å²) in [6, 6.07) is -1.31. The van der Waals surface area contributed by atoms with Gasteiger partial charge in [-0.2, -0.15) is 0 Å². The molecule has 0 fully saturated rings. The summed E-state index contributed by atoms with van der Waals surface area (Å²) in [5.74, 6) is -1.05. The third-order valence-corrected chi connectivity index (χ3v) is 1.61. The lowest BCUT2D eigenvalue weighted by Gasteiger charge is -2.10. The second-order valence-electron chi connectivity index (χ2n) is 2.92. The molecule has 0 spiro atoms. The zero-order valence-corrected chi connectivity index (χ0v) is 8.46. The van der Waals surface area contributed by atoms with Gasteiger partial charge in [-0.1, -0.05) is 0 Å². The van der Waals surface area contributed by atoms with Crippen LogP contribution in [0.1, 0.15) is 13.3 Å². The Bertz CT molecular complexity index is 196. The number of hydrogen-bond donors (Lipinski definition) is 4. The normalized spacial score (nSPS) is 11.9. The average Bonchev–Trinajstić information content (AvgIpc) is 2.12. The zero-order valence-electron chi connectivity index (χ0n) is 8.46. The maximum absolute atomic E-state index is 11.0. The van der Waals surface area contributed by atoms with E-state index in [0.717, 1.165) is 13.0 Å². The molecule has 0 aromatic rings. The number of carbonyl (C=O) groups is 2. The molecule has 6 heteroatoms. The van der Waals surface area contributed by atoms with Crippen LogP contribution in [0.4, 0.5) is 4.79 Å². The SMILES string of the molecule is CNCCCNC(=O)N[C@@H](C)C(=O)O. The fraction of sp³-hybridized carbons (Fsp3) is 0.750. The quantitative estimate of drug-likeness (QED) is 0.432. The Balaban J connectivity index is 3.50. The summed E-state index contributed by atoms with van der Waals surface area (Å²) >= 11 is 0. The Labute approximate surface area is 83.1 Å². The summed E-state index contributed by atoms with van der Waals surface area (Å²) in [5.41, 5.74) is 0. The van der Waals surface area contributed by atoms with Crippen molar-refractivity contribution in [2.75, 3.05) is 20.1 Å². The lowest BCUT2D eigenvalue weighted by Crippen LogP contribution is -2.44. The predicted molar refractivity (Wildman–Crippen MR) is 52.2 cm³/mol. The second kappa shape index (κ2) is 7.14. The summed E-state index contributed by atoms with van der Waals surface area (Å²) in [6.07, 6.45) is 0.811. The third kappa shape index (κ3) is 6.24. The Morgan fingerprint density at radius 2 is 2.00 bits per heavy atom. The van der Waals surface area contributed by atoms with Gasteiger partial charge in [-0.3, -0.25) is 4.79 Å². The van der Waals surface area contributed by atoms with E-state index in [2.05, 4.69) is 16.0 Å². The van der Waals surface area contributed by atoms with Gasteiger partial charge in [0.15, 0.2) is 0 Å². The summed E-state index contributed by atoms with van der Waals surface area (Å²) in [5, 5.41) is 16.3. The van der Waals surface area contributed by atoms with Crippen molar-refractivity contribution in [3.63, 3.8) is 0 Å². The van der Waals surface area contributed by atoms with Crippen molar-refractivity contribution in [1.29, 1.82) is 0 Å². The average molecular weight is 203 g/mol.